The number of halogens is 1. The lowest BCUT2D eigenvalue weighted by Gasteiger charge is -2.21. The molecule has 1 unspecified atom stereocenters. The Bertz CT molecular complexity index is 520. The van der Waals surface area contributed by atoms with Gasteiger partial charge in [0.15, 0.2) is 11.6 Å². The van der Waals surface area contributed by atoms with Crippen LogP contribution in [0.2, 0.25) is 0 Å². The topological polar surface area (TPSA) is 61.8 Å². The number of hydrogen-bond donors (Lipinski definition) is 2. The number of urea groups is 1. The number of hydrogen-bond acceptors (Lipinski definition) is 3. The van der Waals surface area contributed by atoms with Crippen molar-refractivity contribution in [2.45, 2.75) is 25.4 Å². The summed E-state index contributed by atoms with van der Waals surface area (Å²) in [6, 6.07) is 4.44. The molecule has 0 saturated heterocycles. The minimum Gasteiger partial charge on any atom is -0.494 e. The maximum atomic E-state index is 13.3. The summed E-state index contributed by atoms with van der Waals surface area (Å²) in [5.74, 6) is 0.152. The number of nitrogens with one attached hydrogen (secondary N) is 1. The Morgan fingerprint density at radius 3 is 2.91 bits per heavy atom. The van der Waals surface area contributed by atoms with E-state index < -0.39 is 11.9 Å². The van der Waals surface area contributed by atoms with Crippen LogP contribution in [0.3, 0.4) is 0 Å². The van der Waals surface area contributed by atoms with Gasteiger partial charge in [0.05, 0.1) is 13.2 Å². The third kappa shape index (κ3) is 4.59. The fourth-order valence-electron chi connectivity index (χ4n) is 2.30. The Labute approximate surface area is 130 Å². The molecule has 1 atom stereocenters. The standard InChI is InChI=1S/C16H23FN2O3/c1-19(10-14(20)12-4-5-12)16(21)18-8-7-11-3-6-13(17)15(9-11)22-2/h3,6,9,12,14,20H,4-5,7-8,10H2,1-2H3,(H,18,21). The summed E-state index contributed by atoms with van der Waals surface area (Å²) < 4.78 is 18.2. The summed E-state index contributed by atoms with van der Waals surface area (Å²) in [7, 11) is 3.09. The lowest BCUT2D eigenvalue weighted by Crippen LogP contribution is -2.42. The summed E-state index contributed by atoms with van der Waals surface area (Å²) in [6.07, 6.45) is 2.24. The van der Waals surface area contributed by atoms with Gasteiger partial charge in [0.25, 0.3) is 0 Å². The van der Waals surface area contributed by atoms with Crippen LogP contribution in [0, 0.1) is 11.7 Å². The number of likely N-dealkylation sites (N-methyl/N-ethyl adjacent to an activating group) is 1. The van der Waals surface area contributed by atoms with Crippen LogP contribution < -0.4 is 10.1 Å². The molecule has 1 aliphatic carbocycles. The normalized spacial score (nSPS) is 15.3. The maximum Gasteiger partial charge on any atom is 0.317 e. The highest BCUT2D eigenvalue weighted by Crippen LogP contribution is 2.32. The lowest BCUT2D eigenvalue weighted by atomic mass is 10.1. The van der Waals surface area contributed by atoms with Crippen LogP contribution in [-0.4, -0.2) is 49.4 Å². The van der Waals surface area contributed by atoms with Crippen molar-refractivity contribution in [2.24, 2.45) is 5.92 Å². The molecular weight excluding hydrogens is 287 g/mol. The SMILES string of the molecule is COc1cc(CCNC(=O)N(C)CC(O)C2CC2)ccc1F. The molecule has 0 radical (unpaired) electrons. The van der Waals surface area contributed by atoms with Crippen molar-refractivity contribution in [2.75, 3.05) is 27.2 Å². The number of aliphatic hydroxyl groups is 1. The van der Waals surface area contributed by atoms with E-state index in [4.69, 9.17) is 4.74 Å². The summed E-state index contributed by atoms with van der Waals surface area (Å²) in [6.45, 7) is 0.790. The summed E-state index contributed by atoms with van der Waals surface area (Å²) >= 11 is 0. The zero-order chi connectivity index (χ0) is 16.1. The van der Waals surface area contributed by atoms with E-state index >= 15 is 0 Å². The first-order chi connectivity index (χ1) is 10.5. The zero-order valence-corrected chi connectivity index (χ0v) is 13.0. The number of ether oxygens (including phenoxy) is 1. The van der Waals surface area contributed by atoms with Gasteiger partial charge in [-0.15, -0.1) is 0 Å². The quantitative estimate of drug-likeness (QED) is 0.807. The van der Waals surface area contributed by atoms with E-state index in [9.17, 15) is 14.3 Å². The second-order valence-electron chi connectivity index (χ2n) is 5.74. The monoisotopic (exact) mass is 310 g/mol. The van der Waals surface area contributed by atoms with E-state index in [2.05, 4.69) is 5.32 Å². The number of nitrogens with zero attached hydrogens (tertiary/aromatic N) is 1. The first kappa shape index (κ1) is 16.5. The number of rotatable bonds is 7. The molecule has 0 bridgehead atoms. The highest BCUT2D eigenvalue weighted by molar-refractivity contribution is 5.73. The molecule has 1 fully saturated rings. The van der Waals surface area contributed by atoms with Crippen molar-refractivity contribution in [3.8, 4) is 5.75 Å². The first-order valence-electron chi connectivity index (χ1n) is 7.50. The molecule has 0 heterocycles. The largest absolute Gasteiger partial charge is 0.494 e. The Hall–Kier alpha value is -1.82. The number of benzene rings is 1. The molecule has 0 aliphatic heterocycles. The number of carbonyl (C=O) groups is 1. The van der Waals surface area contributed by atoms with E-state index in [0.717, 1.165) is 18.4 Å². The molecular formula is C16H23FN2O3. The van der Waals surface area contributed by atoms with Gasteiger partial charge in [0, 0.05) is 20.1 Å². The van der Waals surface area contributed by atoms with Crippen molar-refractivity contribution >= 4 is 6.03 Å². The van der Waals surface area contributed by atoms with Gasteiger partial charge in [0.2, 0.25) is 0 Å². The van der Waals surface area contributed by atoms with E-state index in [0.29, 0.717) is 25.4 Å². The molecule has 6 heteroatoms. The predicted molar refractivity (Wildman–Crippen MR) is 81.4 cm³/mol. The zero-order valence-electron chi connectivity index (χ0n) is 13.0. The van der Waals surface area contributed by atoms with Gasteiger partial charge in [-0.05, 0) is 42.9 Å². The third-order valence-corrected chi connectivity index (χ3v) is 3.88. The van der Waals surface area contributed by atoms with Crippen LogP contribution in [0.15, 0.2) is 18.2 Å². The molecule has 1 aromatic carbocycles. The minimum atomic E-state index is -0.433. The van der Waals surface area contributed by atoms with Crippen LogP contribution in [0.25, 0.3) is 0 Å². The molecule has 5 nitrogen and oxygen atoms in total. The van der Waals surface area contributed by atoms with Gasteiger partial charge in [-0.1, -0.05) is 6.07 Å². The smallest absolute Gasteiger partial charge is 0.317 e. The van der Waals surface area contributed by atoms with E-state index in [1.54, 1.807) is 19.2 Å². The van der Waals surface area contributed by atoms with Crippen LogP contribution in [0.1, 0.15) is 18.4 Å². The van der Waals surface area contributed by atoms with Crippen molar-refractivity contribution in [3.63, 3.8) is 0 Å². The Kier molecular flexibility index (Phi) is 5.60. The molecule has 122 valence electrons. The van der Waals surface area contributed by atoms with Gasteiger partial charge in [-0.25, -0.2) is 9.18 Å². The van der Waals surface area contributed by atoms with E-state index in [-0.39, 0.29) is 11.8 Å². The van der Waals surface area contributed by atoms with E-state index in [1.165, 1.54) is 18.1 Å². The van der Waals surface area contributed by atoms with Gasteiger partial charge >= 0.3 is 6.03 Å². The average Bonchev–Trinajstić information content (AvgIpc) is 3.33. The van der Waals surface area contributed by atoms with Crippen molar-refractivity contribution in [1.29, 1.82) is 0 Å². The number of aliphatic hydroxyl groups excluding tert-OH is 1. The van der Waals surface area contributed by atoms with Crippen LogP contribution in [-0.2, 0) is 6.42 Å². The van der Waals surface area contributed by atoms with Gasteiger partial charge in [-0.2, -0.15) is 0 Å². The average molecular weight is 310 g/mol. The first-order valence-corrected chi connectivity index (χ1v) is 7.50. The van der Waals surface area contributed by atoms with Crippen LogP contribution in [0.5, 0.6) is 5.75 Å². The van der Waals surface area contributed by atoms with Crippen LogP contribution in [0.4, 0.5) is 9.18 Å². The predicted octanol–water partition coefficient (Wildman–Crippen LogP) is 1.79. The molecule has 22 heavy (non-hydrogen) atoms. The van der Waals surface area contributed by atoms with Crippen molar-refractivity contribution in [1.82, 2.24) is 10.2 Å². The maximum absolute atomic E-state index is 13.3. The molecule has 2 N–H and O–H groups in total. The highest BCUT2D eigenvalue weighted by atomic mass is 19.1. The van der Waals surface area contributed by atoms with Crippen molar-refractivity contribution in [3.05, 3.63) is 29.6 Å². The van der Waals surface area contributed by atoms with Gasteiger partial charge < -0.3 is 20.1 Å². The number of amides is 2. The molecule has 2 rings (SSSR count). The minimum absolute atomic E-state index is 0.202. The number of methoxy groups -OCH3 is 1. The molecule has 1 saturated carbocycles. The molecule has 0 aromatic heterocycles. The van der Waals surface area contributed by atoms with E-state index in [1.807, 2.05) is 0 Å². The fraction of sp³-hybridized carbons (Fsp3) is 0.562. The fourth-order valence-corrected chi connectivity index (χ4v) is 2.30. The third-order valence-electron chi connectivity index (χ3n) is 3.88. The molecule has 2 amide bonds. The Balaban J connectivity index is 1.74. The second kappa shape index (κ2) is 7.45. The van der Waals surface area contributed by atoms with Gasteiger partial charge in [0.1, 0.15) is 0 Å². The summed E-state index contributed by atoms with van der Waals surface area (Å²) in [5, 5.41) is 12.6. The second-order valence-corrected chi connectivity index (χ2v) is 5.74. The number of carbonyl (C=O) groups excluding carboxylic acids is 1. The van der Waals surface area contributed by atoms with Gasteiger partial charge in [-0.3, -0.25) is 0 Å². The molecule has 1 aliphatic rings. The van der Waals surface area contributed by atoms with Crippen LogP contribution >= 0.6 is 0 Å². The summed E-state index contributed by atoms with van der Waals surface area (Å²) in [4.78, 5) is 13.4. The van der Waals surface area contributed by atoms with Crippen molar-refractivity contribution < 1.29 is 19.0 Å². The molecule has 1 aromatic rings. The Morgan fingerprint density at radius 2 is 2.27 bits per heavy atom. The molecule has 0 spiro atoms. The lowest BCUT2D eigenvalue weighted by molar-refractivity contribution is 0.113. The highest BCUT2D eigenvalue weighted by Gasteiger charge is 2.31. The summed E-state index contributed by atoms with van der Waals surface area (Å²) in [5.41, 5.74) is 0.888. The Morgan fingerprint density at radius 1 is 1.55 bits per heavy atom.